The second-order valence-corrected chi connectivity index (χ2v) is 18.2. The maximum atomic E-state index is 11.7. The Bertz CT molecular complexity index is 1670. The number of carboxylic acids is 1. The smallest absolute Gasteiger partial charge is 0.303 e. The highest BCUT2D eigenvalue weighted by atomic mass is 16.8. The summed E-state index contributed by atoms with van der Waals surface area (Å²) in [5, 5.41) is 210. The van der Waals surface area contributed by atoms with Crippen LogP contribution in [0.2, 0.25) is 0 Å². The van der Waals surface area contributed by atoms with Crippen LogP contribution in [0.3, 0.4) is 0 Å². The summed E-state index contributed by atoms with van der Waals surface area (Å²) in [7, 11) is 0. The molecule has 426 valence electrons. The largest absolute Gasteiger partial charge is 0.481 e. The van der Waals surface area contributed by atoms with E-state index in [4.69, 9.17) is 61.9 Å². The Morgan fingerprint density at radius 2 is 0.658 bits per heavy atom. The van der Waals surface area contributed by atoms with Crippen molar-refractivity contribution in [1.82, 2.24) is 0 Å². The predicted molar refractivity (Wildman–Crippen MR) is 220 cm³/mol. The van der Waals surface area contributed by atoms with Gasteiger partial charge in [-0.15, -0.1) is 0 Å². The lowest BCUT2D eigenvalue weighted by Gasteiger charge is -2.48. The number of aliphatic carboxylic acids is 1. The van der Waals surface area contributed by atoms with E-state index in [-0.39, 0.29) is 6.42 Å². The summed E-state index contributed by atoms with van der Waals surface area (Å²) in [6, 6.07) is 0. The Hall–Kier alpha value is -1.77. The van der Waals surface area contributed by atoms with E-state index in [0.29, 0.717) is 0 Å². The topological polar surface area (TPSA) is 532 Å². The molecule has 30 atom stereocenters. The molecule has 33 nitrogen and oxygen atoms in total. The summed E-state index contributed by atoms with van der Waals surface area (Å²) in [4.78, 5) is 11.2. The average molecular weight is 1080 g/mol. The molecule has 6 fully saturated rings. The molecule has 6 aliphatic rings. The van der Waals surface area contributed by atoms with Crippen LogP contribution in [-0.2, 0) is 61.6 Å². The molecule has 6 aliphatic heterocycles. The second kappa shape index (κ2) is 26.7. The van der Waals surface area contributed by atoms with E-state index in [1.54, 1.807) is 0 Å². The Morgan fingerprint density at radius 1 is 0.329 bits per heavy atom. The molecule has 6 heterocycles. The minimum Gasteiger partial charge on any atom is -0.481 e. The van der Waals surface area contributed by atoms with Gasteiger partial charge in [-0.3, -0.25) is 4.79 Å². The highest BCUT2D eigenvalue weighted by Crippen LogP contribution is 2.35. The van der Waals surface area contributed by atoms with E-state index in [2.05, 4.69) is 0 Å². The van der Waals surface area contributed by atoms with Gasteiger partial charge in [0.1, 0.15) is 146 Å². The monoisotopic (exact) mass is 1080 g/mol. The SMILES string of the molecule is O=C(O)CCCO[C@@H]1OC(CO[C@@H]2OC(CO[C@@H]3OC(CO)[C@H](O)[C@H](O)C3O[C@@H]3OC(CO)[C@H](O)[C@H](O)C3O)[C@H](O)[C@H](O)C2O)[C@H](O)[C@H](O[C@@H]2OC(CO)[C@H](O)[C@H](O)C2O[C@@H]2OC(CO)[C@H](O)[C@H](O)C2O)C1O. The molecule has 0 amide bonds. The molecule has 0 bridgehead atoms. The lowest BCUT2D eigenvalue weighted by atomic mass is 9.96. The molecular weight excluding hydrogens is 1010 g/mol. The lowest BCUT2D eigenvalue weighted by Crippen LogP contribution is -2.67. The van der Waals surface area contributed by atoms with Gasteiger partial charge in [0, 0.05) is 6.42 Å². The number of aliphatic hydroxyl groups excluding tert-OH is 19. The zero-order chi connectivity index (χ0) is 53.7. The molecule has 0 radical (unpaired) electrons. The Labute approximate surface area is 412 Å². The van der Waals surface area contributed by atoms with E-state index in [1.165, 1.54) is 0 Å². The number of hydrogen-bond acceptors (Lipinski definition) is 32. The molecule has 0 aliphatic carbocycles. The Kier molecular flexibility index (Phi) is 22.1. The molecule has 73 heavy (non-hydrogen) atoms. The van der Waals surface area contributed by atoms with Crippen LogP contribution in [0.15, 0.2) is 0 Å². The van der Waals surface area contributed by atoms with Crippen molar-refractivity contribution in [1.29, 1.82) is 0 Å². The van der Waals surface area contributed by atoms with E-state index in [9.17, 15) is 102 Å². The normalized spacial score (nSPS) is 49.9. The van der Waals surface area contributed by atoms with Gasteiger partial charge in [0.15, 0.2) is 37.7 Å². The molecule has 0 aromatic rings. The van der Waals surface area contributed by atoms with E-state index < -0.39 is 243 Å². The van der Waals surface area contributed by atoms with Gasteiger partial charge in [0.2, 0.25) is 0 Å². The molecule has 20 N–H and O–H groups in total. The Balaban J connectivity index is 1.18. The van der Waals surface area contributed by atoms with Crippen molar-refractivity contribution in [3.63, 3.8) is 0 Å². The molecule has 0 aromatic carbocycles. The minimum absolute atomic E-state index is 0.140. The van der Waals surface area contributed by atoms with Crippen molar-refractivity contribution in [2.75, 3.05) is 46.2 Å². The van der Waals surface area contributed by atoms with Crippen LogP contribution in [0.25, 0.3) is 0 Å². The van der Waals surface area contributed by atoms with Gasteiger partial charge in [-0.05, 0) is 6.42 Å². The summed E-state index contributed by atoms with van der Waals surface area (Å²) in [5.74, 6) is -1.21. The number of carbonyl (C=O) groups is 1. The fraction of sp³-hybridized carbons (Fsp3) is 0.975. The summed E-state index contributed by atoms with van der Waals surface area (Å²) in [6.07, 6.45) is -57.5. The first-order valence-corrected chi connectivity index (χ1v) is 23.2. The van der Waals surface area contributed by atoms with Crippen LogP contribution < -0.4 is 0 Å². The van der Waals surface area contributed by atoms with E-state index >= 15 is 0 Å². The van der Waals surface area contributed by atoms with Crippen LogP contribution >= 0.6 is 0 Å². The molecule has 12 unspecified atom stereocenters. The fourth-order valence-electron chi connectivity index (χ4n) is 8.80. The highest BCUT2D eigenvalue weighted by molar-refractivity contribution is 5.66. The van der Waals surface area contributed by atoms with E-state index in [0.717, 1.165) is 0 Å². The maximum absolute atomic E-state index is 11.7. The average Bonchev–Trinajstić information content (AvgIpc) is 3.37. The molecule has 6 saturated heterocycles. The first-order chi connectivity index (χ1) is 34.6. The lowest BCUT2D eigenvalue weighted by molar-refractivity contribution is -0.391. The highest BCUT2D eigenvalue weighted by Gasteiger charge is 2.56. The molecule has 0 aromatic heterocycles. The van der Waals surface area contributed by atoms with Crippen LogP contribution in [0.4, 0.5) is 0 Å². The van der Waals surface area contributed by atoms with Gasteiger partial charge in [-0.1, -0.05) is 0 Å². The summed E-state index contributed by atoms with van der Waals surface area (Å²) >= 11 is 0. The van der Waals surface area contributed by atoms with Crippen molar-refractivity contribution < 1.29 is 164 Å². The van der Waals surface area contributed by atoms with Gasteiger partial charge < -0.3 is 159 Å². The standard InChI is InChI=1S/C40H68O33/c41-4-10-17(47)23(53)29(59)37(65-10)72-33-26(56)19(49)12(6-43)67-39(33)64-8-14-21(51)25(55)28(58)35(69-14)63-9-15-22(52)32(31(61)36(70-15)62-3-1-2-16(45)46)71-40-34(27(57)20(50)13(7-44)68-40)73-38-30(60)24(54)18(48)11(5-42)66-38/h10-15,17-44,47-61H,1-9H2,(H,45,46)/t10?,11?,12?,13?,14?,15?,17-,18-,19-,20-,21-,22-,23-,24-,25-,26-,27-,28?,29?,30?,31?,32-,33?,34?,35+,36+,37-,38-,39+,40-/m0/s1. The van der Waals surface area contributed by atoms with Crippen molar-refractivity contribution in [2.24, 2.45) is 0 Å². The number of aliphatic hydroxyl groups is 19. The van der Waals surface area contributed by atoms with Gasteiger partial charge in [-0.25, -0.2) is 0 Å². The molecule has 0 spiro atoms. The van der Waals surface area contributed by atoms with Gasteiger partial charge in [0.25, 0.3) is 0 Å². The molecule has 33 heteroatoms. The van der Waals surface area contributed by atoms with Crippen LogP contribution in [0, 0.1) is 0 Å². The minimum atomic E-state index is -2.10. The van der Waals surface area contributed by atoms with Crippen molar-refractivity contribution in [3.05, 3.63) is 0 Å². The summed E-state index contributed by atoms with van der Waals surface area (Å²) < 4.78 is 67.6. The fourth-order valence-corrected chi connectivity index (χ4v) is 8.80. The van der Waals surface area contributed by atoms with Gasteiger partial charge in [-0.2, -0.15) is 0 Å². The number of rotatable bonds is 21. The van der Waals surface area contributed by atoms with Crippen molar-refractivity contribution in [2.45, 2.75) is 197 Å². The van der Waals surface area contributed by atoms with E-state index in [1.807, 2.05) is 0 Å². The first kappa shape index (κ1) is 60.5. The maximum Gasteiger partial charge on any atom is 0.303 e. The second-order valence-electron chi connectivity index (χ2n) is 18.2. The zero-order valence-corrected chi connectivity index (χ0v) is 38.4. The third-order valence-electron chi connectivity index (χ3n) is 13.2. The van der Waals surface area contributed by atoms with Crippen LogP contribution in [0.5, 0.6) is 0 Å². The third kappa shape index (κ3) is 13.6. The molecule has 0 saturated carbocycles. The van der Waals surface area contributed by atoms with Crippen LogP contribution in [-0.4, -0.2) is 339 Å². The van der Waals surface area contributed by atoms with Gasteiger partial charge >= 0.3 is 5.97 Å². The van der Waals surface area contributed by atoms with Crippen molar-refractivity contribution >= 4 is 5.97 Å². The van der Waals surface area contributed by atoms with Crippen LogP contribution in [0.1, 0.15) is 12.8 Å². The number of ether oxygens (including phenoxy) is 12. The van der Waals surface area contributed by atoms with Crippen molar-refractivity contribution in [3.8, 4) is 0 Å². The predicted octanol–water partition coefficient (Wildman–Crippen LogP) is -13.2. The number of carboxylic acid groups (broad SMARTS) is 1. The number of hydrogen-bond donors (Lipinski definition) is 20. The first-order valence-electron chi connectivity index (χ1n) is 23.2. The summed E-state index contributed by atoms with van der Waals surface area (Å²) in [6.45, 7) is -5.78. The molecule has 6 rings (SSSR count). The Morgan fingerprint density at radius 3 is 1.11 bits per heavy atom. The zero-order valence-electron chi connectivity index (χ0n) is 38.4. The summed E-state index contributed by atoms with van der Waals surface area (Å²) in [5.41, 5.74) is 0. The quantitative estimate of drug-likeness (QED) is 0.0475. The van der Waals surface area contributed by atoms with Gasteiger partial charge in [0.05, 0.1) is 46.2 Å². The third-order valence-corrected chi connectivity index (χ3v) is 13.2. The molecular formula is C40H68O33.